The van der Waals surface area contributed by atoms with Gasteiger partial charge in [0.25, 0.3) is 5.69 Å². The number of hydrogen-bond acceptors (Lipinski definition) is 7. The van der Waals surface area contributed by atoms with Crippen LogP contribution in [-0.4, -0.2) is 41.1 Å². The molecule has 0 amide bonds. The molecule has 2 heterocycles. The molecule has 1 saturated carbocycles. The third-order valence-corrected chi connectivity index (χ3v) is 6.46. The maximum absolute atomic E-state index is 12.2. The SMILES string of the molecule is CC(C)=CC[C@H]1O[C@]1(C)C1CC(OC(=O)Oc2ccc([N+](=O)[O-])cc2)CC[C@]12CO2. The summed E-state index contributed by atoms with van der Waals surface area (Å²) in [5.41, 5.74) is 0.772. The molecule has 0 bridgehead atoms. The van der Waals surface area contributed by atoms with Gasteiger partial charge in [-0.3, -0.25) is 10.1 Å². The number of benzene rings is 1. The smallest absolute Gasteiger partial charge is 0.431 e. The molecule has 162 valence electrons. The van der Waals surface area contributed by atoms with Gasteiger partial charge in [-0.2, -0.15) is 0 Å². The molecule has 2 unspecified atom stereocenters. The zero-order valence-electron chi connectivity index (χ0n) is 17.5. The van der Waals surface area contributed by atoms with Gasteiger partial charge in [-0.15, -0.1) is 0 Å². The number of hydrogen-bond donors (Lipinski definition) is 0. The van der Waals surface area contributed by atoms with Gasteiger partial charge in [0, 0.05) is 18.1 Å². The number of rotatable bonds is 6. The molecule has 1 aromatic carbocycles. The molecule has 4 rings (SSSR count). The second-order valence-electron chi connectivity index (χ2n) is 8.83. The second kappa shape index (κ2) is 7.67. The van der Waals surface area contributed by atoms with E-state index in [2.05, 4.69) is 26.8 Å². The summed E-state index contributed by atoms with van der Waals surface area (Å²) in [6.07, 6.45) is 4.33. The van der Waals surface area contributed by atoms with Crippen LogP contribution in [0.25, 0.3) is 0 Å². The van der Waals surface area contributed by atoms with Crippen molar-refractivity contribution in [2.24, 2.45) is 5.92 Å². The van der Waals surface area contributed by atoms with Gasteiger partial charge in [-0.05, 0) is 58.6 Å². The fourth-order valence-corrected chi connectivity index (χ4v) is 4.57. The van der Waals surface area contributed by atoms with Crippen LogP contribution in [0.15, 0.2) is 35.9 Å². The summed E-state index contributed by atoms with van der Waals surface area (Å²) >= 11 is 0. The van der Waals surface area contributed by atoms with Gasteiger partial charge in [0.05, 0.1) is 28.8 Å². The van der Waals surface area contributed by atoms with Crippen LogP contribution < -0.4 is 4.74 Å². The predicted octanol–water partition coefficient (Wildman–Crippen LogP) is 4.56. The average Bonchev–Trinajstić information content (AvgIpc) is 3.60. The van der Waals surface area contributed by atoms with Crippen LogP contribution >= 0.6 is 0 Å². The van der Waals surface area contributed by atoms with Crippen molar-refractivity contribution in [3.05, 3.63) is 46.0 Å². The van der Waals surface area contributed by atoms with E-state index in [1.807, 2.05) is 0 Å². The van der Waals surface area contributed by atoms with Crippen molar-refractivity contribution in [1.82, 2.24) is 0 Å². The van der Waals surface area contributed by atoms with Crippen LogP contribution in [0.2, 0.25) is 0 Å². The second-order valence-corrected chi connectivity index (χ2v) is 8.83. The van der Waals surface area contributed by atoms with E-state index < -0.39 is 11.1 Å². The number of carbonyl (C=O) groups excluding carboxylic acids is 1. The van der Waals surface area contributed by atoms with Crippen molar-refractivity contribution in [2.45, 2.75) is 69.9 Å². The lowest BCUT2D eigenvalue weighted by Gasteiger charge is -2.36. The van der Waals surface area contributed by atoms with Gasteiger partial charge in [0.1, 0.15) is 11.9 Å². The first-order valence-electron chi connectivity index (χ1n) is 10.3. The Morgan fingerprint density at radius 2 is 2.03 bits per heavy atom. The zero-order valence-corrected chi connectivity index (χ0v) is 17.5. The molecular formula is C22H27NO7. The highest BCUT2D eigenvalue weighted by Crippen LogP contribution is 2.59. The maximum atomic E-state index is 12.2. The van der Waals surface area contributed by atoms with Crippen molar-refractivity contribution in [3.8, 4) is 5.75 Å². The third kappa shape index (κ3) is 4.20. The van der Waals surface area contributed by atoms with Crippen molar-refractivity contribution in [2.75, 3.05) is 6.61 Å². The Bertz CT molecular complexity index is 857. The normalized spacial score (nSPS) is 34.2. The van der Waals surface area contributed by atoms with Crippen LogP contribution in [0.5, 0.6) is 5.75 Å². The molecule has 1 aromatic rings. The minimum Gasteiger partial charge on any atom is -0.431 e. The predicted molar refractivity (Wildman–Crippen MR) is 107 cm³/mol. The Labute approximate surface area is 175 Å². The summed E-state index contributed by atoms with van der Waals surface area (Å²) in [6.45, 7) is 7.01. The van der Waals surface area contributed by atoms with Crippen LogP contribution in [0.4, 0.5) is 10.5 Å². The van der Waals surface area contributed by atoms with Gasteiger partial charge < -0.3 is 18.9 Å². The minimum atomic E-state index is -0.803. The molecule has 0 aromatic heterocycles. The van der Waals surface area contributed by atoms with E-state index in [1.54, 1.807) is 0 Å². The van der Waals surface area contributed by atoms with Gasteiger partial charge in [0.15, 0.2) is 0 Å². The number of ether oxygens (including phenoxy) is 4. The van der Waals surface area contributed by atoms with Crippen molar-refractivity contribution in [1.29, 1.82) is 0 Å². The highest BCUT2D eigenvalue weighted by molar-refractivity contribution is 5.64. The summed E-state index contributed by atoms with van der Waals surface area (Å²) in [5.74, 6) is 0.366. The quantitative estimate of drug-likeness (QED) is 0.167. The number of nitro benzene ring substituents is 1. The Morgan fingerprint density at radius 3 is 2.63 bits per heavy atom. The Morgan fingerprint density at radius 1 is 1.33 bits per heavy atom. The molecule has 0 radical (unpaired) electrons. The minimum absolute atomic E-state index is 0.0686. The first kappa shape index (κ1) is 20.8. The molecule has 2 aliphatic heterocycles. The van der Waals surface area contributed by atoms with E-state index in [4.69, 9.17) is 18.9 Å². The molecule has 2 saturated heterocycles. The summed E-state index contributed by atoms with van der Waals surface area (Å²) in [5, 5.41) is 10.7. The van der Waals surface area contributed by atoms with Gasteiger partial charge in [-0.1, -0.05) is 11.6 Å². The van der Waals surface area contributed by atoms with Crippen LogP contribution in [-0.2, 0) is 14.2 Å². The lowest BCUT2D eigenvalue weighted by Crippen LogP contribution is -2.44. The molecule has 3 fully saturated rings. The molecule has 8 heteroatoms. The average molecular weight is 417 g/mol. The summed E-state index contributed by atoms with van der Waals surface area (Å²) in [7, 11) is 0. The molecule has 8 nitrogen and oxygen atoms in total. The van der Waals surface area contributed by atoms with Gasteiger partial charge in [0.2, 0.25) is 0 Å². The fraction of sp³-hybridized carbons (Fsp3) is 0.591. The largest absolute Gasteiger partial charge is 0.514 e. The number of allylic oxidation sites excluding steroid dienone is 1. The van der Waals surface area contributed by atoms with Crippen LogP contribution in [0.3, 0.4) is 0 Å². The highest BCUT2D eigenvalue weighted by atomic mass is 16.7. The number of carbonyl (C=O) groups is 1. The lowest BCUT2D eigenvalue weighted by molar-refractivity contribution is -0.384. The molecule has 1 spiro atoms. The van der Waals surface area contributed by atoms with Crippen molar-refractivity contribution >= 4 is 11.8 Å². The number of nitrogens with zero attached hydrogens (tertiary/aromatic N) is 1. The highest BCUT2D eigenvalue weighted by Gasteiger charge is 2.68. The number of epoxide rings is 2. The molecule has 1 aliphatic carbocycles. The Balaban J connectivity index is 1.35. The fourth-order valence-electron chi connectivity index (χ4n) is 4.57. The first-order valence-corrected chi connectivity index (χ1v) is 10.3. The standard InChI is InChI=1S/C22H27NO7/c1-14(2)4-9-19-21(3,30-19)18-12-17(10-11-22(18)13-27-22)29-20(24)28-16-7-5-15(6-8-16)23(25)26/h4-8,17-19H,9-13H2,1-3H3/t17?,18?,19-,21-,22+/m1/s1. The monoisotopic (exact) mass is 417 g/mol. The van der Waals surface area contributed by atoms with Crippen molar-refractivity contribution < 1.29 is 28.7 Å². The maximum Gasteiger partial charge on any atom is 0.514 e. The van der Waals surface area contributed by atoms with E-state index in [9.17, 15) is 14.9 Å². The van der Waals surface area contributed by atoms with E-state index in [0.29, 0.717) is 12.8 Å². The molecule has 0 N–H and O–H groups in total. The van der Waals surface area contributed by atoms with E-state index in [1.165, 1.54) is 29.8 Å². The van der Waals surface area contributed by atoms with E-state index >= 15 is 0 Å². The van der Waals surface area contributed by atoms with Gasteiger partial charge >= 0.3 is 6.16 Å². The Kier molecular flexibility index (Phi) is 5.32. The molecule has 5 atom stereocenters. The summed E-state index contributed by atoms with van der Waals surface area (Å²) in [4.78, 5) is 22.5. The zero-order chi connectivity index (χ0) is 21.5. The molecule has 30 heavy (non-hydrogen) atoms. The molecular weight excluding hydrogens is 390 g/mol. The lowest BCUT2D eigenvalue weighted by atomic mass is 9.70. The summed E-state index contributed by atoms with van der Waals surface area (Å²) < 4.78 is 22.7. The Hall–Kier alpha value is -2.45. The molecule has 3 aliphatic rings. The summed E-state index contributed by atoms with van der Waals surface area (Å²) in [6, 6.07) is 5.32. The van der Waals surface area contributed by atoms with Gasteiger partial charge in [-0.25, -0.2) is 4.79 Å². The van der Waals surface area contributed by atoms with Crippen LogP contribution in [0.1, 0.15) is 46.5 Å². The van der Waals surface area contributed by atoms with E-state index in [-0.39, 0.29) is 40.8 Å². The van der Waals surface area contributed by atoms with E-state index in [0.717, 1.165) is 19.4 Å². The number of non-ortho nitro benzene ring substituents is 1. The third-order valence-electron chi connectivity index (χ3n) is 6.46. The number of nitro groups is 1. The topological polar surface area (TPSA) is 104 Å². The van der Waals surface area contributed by atoms with Crippen LogP contribution in [0, 0.1) is 16.0 Å². The van der Waals surface area contributed by atoms with Crippen molar-refractivity contribution in [3.63, 3.8) is 0 Å². The first-order chi connectivity index (χ1) is 14.2.